The van der Waals surface area contributed by atoms with Crippen molar-refractivity contribution >= 4 is 35.0 Å². The molecule has 0 spiro atoms. The van der Waals surface area contributed by atoms with Crippen LogP contribution < -0.4 is 10.2 Å². The summed E-state index contributed by atoms with van der Waals surface area (Å²) < 4.78 is 13.3. The molecule has 7 nitrogen and oxygen atoms in total. The lowest BCUT2D eigenvalue weighted by Crippen LogP contribution is -2.49. The number of carbonyl (C=O) groups is 1. The van der Waals surface area contributed by atoms with Gasteiger partial charge >= 0.3 is 0 Å². The van der Waals surface area contributed by atoms with E-state index in [9.17, 15) is 9.18 Å². The molecule has 9 heteroatoms. The van der Waals surface area contributed by atoms with Gasteiger partial charge in [-0.05, 0) is 48.4 Å². The zero-order chi connectivity index (χ0) is 21.6. The van der Waals surface area contributed by atoms with Gasteiger partial charge in [0.15, 0.2) is 11.6 Å². The molecular formula is C22H22ClFN6O. The highest BCUT2D eigenvalue weighted by molar-refractivity contribution is 6.30. The number of nitrogens with zero attached hydrogens (tertiary/aromatic N) is 5. The summed E-state index contributed by atoms with van der Waals surface area (Å²) in [6.07, 6.45) is 2.62. The van der Waals surface area contributed by atoms with Gasteiger partial charge in [-0.2, -0.15) is 0 Å². The van der Waals surface area contributed by atoms with Crippen LogP contribution in [0.2, 0.25) is 5.02 Å². The summed E-state index contributed by atoms with van der Waals surface area (Å²) >= 11 is 5.81. The Morgan fingerprint density at radius 1 is 1.03 bits per heavy atom. The summed E-state index contributed by atoms with van der Waals surface area (Å²) in [4.78, 5) is 20.7. The van der Waals surface area contributed by atoms with Crippen LogP contribution in [-0.2, 0) is 11.2 Å². The number of amides is 1. The third kappa shape index (κ3) is 5.46. The Morgan fingerprint density at radius 2 is 1.87 bits per heavy atom. The molecule has 0 bridgehead atoms. The van der Waals surface area contributed by atoms with Crippen molar-refractivity contribution in [1.29, 1.82) is 0 Å². The number of piperazine rings is 1. The molecular weight excluding hydrogens is 419 g/mol. The smallest absolute Gasteiger partial charge is 0.223 e. The summed E-state index contributed by atoms with van der Waals surface area (Å²) in [7, 11) is 0. The minimum atomic E-state index is -0.448. The molecule has 3 heterocycles. The third-order valence-corrected chi connectivity index (χ3v) is 5.43. The summed E-state index contributed by atoms with van der Waals surface area (Å²) in [6, 6.07) is 14.0. The van der Waals surface area contributed by atoms with Crippen molar-refractivity contribution in [3.63, 3.8) is 0 Å². The lowest BCUT2D eigenvalue weighted by Gasteiger charge is -2.35. The zero-order valence-electron chi connectivity index (χ0n) is 16.8. The van der Waals surface area contributed by atoms with Crippen molar-refractivity contribution < 1.29 is 9.18 Å². The number of benzene rings is 1. The van der Waals surface area contributed by atoms with Crippen LogP contribution in [0.15, 0.2) is 54.7 Å². The number of halogens is 2. The first kappa shape index (κ1) is 21.0. The first-order chi connectivity index (χ1) is 15.1. The minimum Gasteiger partial charge on any atom is -0.352 e. The fourth-order valence-electron chi connectivity index (χ4n) is 3.42. The van der Waals surface area contributed by atoms with E-state index in [1.807, 2.05) is 35.2 Å². The fourth-order valence-corrected chi connectivity index (χ4v) is 3.62. The van der Waals surface area contributed by atoms with E-state index in [-0.39, 0.29) is 10.9 Å². The normalized spacial score (nSPS) is 13.9. The molecule has 1 fully saturated rings. The number of hydrogen-bond acceptors (Lipinski definition) is 6. The Bertz CT molecular complexity index is 1030. The van der Waals surface area contributed by atoms with E-state index < -0.39 is 5.82 Å². The van der Waals surface area contributed by atoms with Gasteiger partial charge in [0.1, 0.15) is 11.6 Å². The summed E-state index contributed by atoms with van der Waals surface area (Å²) in [5.41, 5.74) is 0.855. The number of carbonyl (C=O) groups excluding carboxylic acids is 1. The van der Waals surface area contributed by atoms with Crippen LogP contribution >= 0.6 is 11.6 Å². The second-order valence-corrected chi connectivity index (χ2v) is 7.64. The molecule has 0 unspecified atom stereocenters. The first-order valence-electron chi connectivity index (χ1n) is 10.1. The van der Waals surface area contributed by atoms with Crippen LogP contribution in [0.3, 0.4) is 0 Å². The zero-order valence-corrected chi connectivity index (χ0v) is 17.6. The number of hydrogen-bond donors (Lipinski definition) is 1. The molecule has 0 atom stereocenters. The number of aryl methyl sites for hydroxylation is 1. The lowest BCUT2D eigenvalue weighted by molar-refractivity contribution is -0.131. The minimum absolute atomic E-state index is 0.0842. The van der Waals surface area contributed by atoms with E-state index in [0.717, 1.165) is 11.4 Å². The molecule has 1 saturated heterocycles. The van der Waals surface area contributed by atoms with Crippen molar-refractivity contribution in [2.45, 2.75) is 12.8 Å². The highest BCUT2D eigenvalue weighted by Crippen LogP contribution is 2.19. The molecule has 4 rings (SSSR count). The Hall–Kier alpha value is -3.26. The van der Waals surface area contributed by atoms with Gasteiger partial charge in [-0.15, -0.1) is 10.2 Å². The van der Waals surface area contributed by atoms with Gasteiger partial charge in [0.25, 0.3) is 0 Å². The van der Waals surface area contributed by atoms with E-state index in [1.54, 1.807) is 18.3 Å². The highest BCUT2D eigenvalue weighted by Gasteiger charge is 2.22. The number of rotatable bonds is 6. The standard InChI is InChI=1S/C22H22ClFN6O/c23-17-15-16(4-6-18(17)24)5-9-22(31)30-13-11-29(12-14-30)21-8-7-20(27-28-21)26-19-3-1-2-10-25-19/h1-4,6-8,10,15H,5,9,11-14H2,(H,25,26,27). The molecule has 0 aliphatic carbocycles. The van der Waals surface area contributed by atoms with Gasteiger partial charge in [0.2, 0.25) is 5.91 Å². The maximum atomic E-state index is 13.3. The summed E-state index contributed by atoms with van der Waals surface area (Å²) in [5.74, 6) is 1.74. The topological polar surface area (TPSA) is 74.2 Å². The number of pyridine rings is 1. The molecule has 2 aromatic heterocycles. The van der Waals surface area contributed by atoms with Gasteiger partial charge < -0.3 is 15.1 Å². The molecule has 31 heavy (non-hydrogen) atoms. The number of anilines is 3. The average molecular weight is 441 g/mol. The molecule has 1 aromatic carbocycles. The van der Waals surface area contributed by atoms with Crippen LogP contribution in [0.5, 0.6) is 0 Å². The Kier molecular flexibility index (Phi) is 6.57. The largest absolute Gasteiger partial charge is 0.352 e. The maximum absolute atomic E-state index is 13.3. The number of nitrogens with one attached hydrogen (secondary N) is 1. The monoisotopic (exact) mass is 440 g/mol. The third-order valence-electron chi connectivity index (χ3n) is 5.14. The predicted octanol–water partition coefficient (Wildman–Crippen LogP) is 3.69. The van der Waals surface area contributed by atoms with Gasteiger partial charge in [-0.1, -0.05) is 23.7 Å². The van der Waals surface area contributed by atoms with E-state index in [2.05, 4.69) is 25.4 Å². The van der Waals surface area contributed by atoms with Crippen LogP contribution in [-0.4, -0.2) is 52.2 Å². The SMILES string of the molecule is O=C(CCc1ccc(F)c(Cl)c1)N1CCN(c2ccc(Nc3ccccn3)nn2)CC1. The van der Waals surface area contributed by atoms with Gasteiger partial charge in [0, 0.05) is 38.8 Å². The van der Waals surface area contributed by atoms with E-state index in [4.69, 9.17) is 11.6 Å². The second-order valence-electron chi connectivity index (χ2n) is 7.23. The van der Waals surface area contributed by atoms with Crippen molar-refractivity contribution in [3.8, 4) is 0 Å². The van der Waals surface area contributed by atoms with Crippen LogP contribution in [0.1, 0.15) is 12.0 Å². The van der Waals surface area contributed by atoms with Crippen molar-refractivity contribution in [3.05, 3.63) is 71.1 Å². The van der Waals surface area contributed by atoms with Gasteiger partial charge in [-0.3, -0.25) is 4.79 Å². The van der Waals surface area contributed by atoms with Crippen LogP contribution in [0.25, 0.3) is 0 Å². The van der Waals surface area contributed by atoms with E-state index in [0.29, 0.717) is 50.7 Å². The summed E-state index contributed by atoms with van der Waals surface area (Å²) in [6.45, 7) is 2.63. The molecule has 0 saturated carbocycles. The van der Waals surface area contributed by atoms with Gasteiger partial charge in [0.05, 0.1) is 5.02 Å². The Labute approximate surface area is 184 Å². The summed E-state index contributed by atoms with van der Waals surface area (Å²) in [5, 5.41) is 11.7. The quantitative estimate of drug-likeness (QED) is 0.630. The highest BCUT2D eigenvalue weighted by atomic mass is 35.5. The Balaban J connectivity index is 1.26. The van der Waals surface area contributed by atoms with E-state index >= 15 is 0 Å². The lowest BCUT2D eigenvalue weighted by atomic mass is 10.1. The fraction of sp³-hybridized carbons (Fsp3) is 0.273. The maximum Gasteiger partial charge on any atom is 0.223 e. The molecule has 0 radical (unpaired) electrons. The van der Waals surface area contributed by atoms with Crippen LogP contribution in [0, 0.1) is 5.82 Å². The molecule has 1 aliphatic rings. The number of aromatic nitrogens is 3. The second kappa shape index (κ2) is 9.70. The molecule has 1 amide bonds. The van der Waals surface area contributed by atoms with Gasteiger partial charge in [-0.25, -0.2) is 9.37 Å². The van der Waals surface area contributed by atoms with E-state index in [1.165, 1.54) is 6.07 Å². The van der Waals surface area contributed by atoms with Crippen molar-refractivity contribution in [2.24, 2.45) is 0 Å². The molecule has 1 N–H and O–H groups in total. The molecule has 3 aromatic rings. The molecule has 1 aliphatic heterocycles. The van der Waals surface area contributed by atoms with Crippen molar-refractivity contribution in [1.82, 2.24) is 20.1 Å². The predicted molar refractivity (Wildman–Crippen MR) is 118 cm³/mol. The molecule has 160 valence electrons. The average Bonchev–Trinajstić information content (AvgIpc) is 2.81. The van der Waals surface area contributed by atoms with Crippen molar-refractivity contribution in [2.75, 3.05) is 36.4 Å². The Morgan fingerprint density at radius 3 is 2.55 bits per heavy atom. The van der Waals surface area contributed by atoms with Crippen LogP contribution in [0.4, 0.5) is 21.8 Å². The first-order valence-corrected chi connectivity index (χ1v) is 10.4.